The summed E-state index contributed by atoms with van der Waals surface area (Å²) in [5, 5.41) is 2.14. The summed E-state index contributed by atoms with van der Waals surface area (Å²) in [5.74, 6) is 0. The smallest absolute Gasteiger partial charge is 0.0664 e. The van der Waals surface area contributed by atoms with Crippen molar-refractivity contribution >= 4 is 56.5 Å². The van der Waals surface area contributed by atoms with Gasteiger partial charge in [-0.2, -0.15) is 0 Å². The molecule has 38 valence electrons. The van der Waals surface area contributed by atoms with Gasteiger partial charge < -0.3 is 0 Å². The quantitative estimate of drug-likeness (QED) is 0.639. The summed E-state index contributed by atoms with van der Waals surface area (Å²) < 4.78 is 2.70. The molecular weight excluding hydrogens is 334 g/mol. The molecule has 7 heavy (non-hydrogen) atoms. The molecule has 0 bridgehead atoms. The normalized spacial score (nSPS) is 9.43. The van der Waals surface area contributed by atoms with Crippen molar-refractivity contribution in [1.29, 1.82) is 0 Å². The molecule has 0 radical (unpaired) electrons. The summed E-state index contributed by atoms with van der Waals surface area (Å²) in [5.41, 5.74) is 0. The van der Waals surface area contributed by atoms with Crippen molar-refractivity contribution in [2.75, 3.05) is 0 Å². The van der Waals surface area contributed by atoms with Crippen molar-refractivity contribution in [3.05, 3.63) is 17.9 Å². The summed E-state index contributed by atoms with van der Waals surface area (Å²) in [6.07, 6.45) is 0. The van der Waals surface area contributed by atoms with Gasteiger partial charge in [0.05, 0.1) is 2.88 Å². The Labute approximate surface area is 73.6 Å². The zero-order chi connectivity index (χ0) is 5.28. The van der Waals surface area contributed by atoms with Gasteiger partial charge in [-0.3, -0.25) is 0 Å². The van der Waals surface area contributed by atoms with Crippen LogP contribution in [-0.2, 0) is 0 Å². The Kier molecular flexibility index (Phi) is 2.36. The van der Waals surface area contributed by atoms with Gasteiger partial charge in [-0.05, 0) is 51.2 Å². The maximum absolute atomic E-state index is 2.31. The molecule has 1 heterocycles. The van der Waals surface area contributed by atoms with E-state index in [0.29, 0.717) is 0 Å². The molecule has 0 aliphatic carbocycles. The van der Waals surface area contributed by atoms with Crippen LogP contribution < -0.4 is 0 Å². The van der Waals surface area contributed by atoms with Crippen molar-refractivity contribution in [1.82, 2.24) is 0 Å². The molecule has 0 amide bonds. The van der Waals surface area contributed by atoms with Gasteiger partial charge in [0.15, 0.2) is 0 Å². The predicted octanol–water partition coefficient (Wildman–Crippen LogP) is 2.96. The minimum Gasteiger partial charge on any atom is -0.137 e. The SMILES string of the molecule is Ic1csc(I)c1. The second-order valence-electron chi connectivity index (χ2n) is 1.07. The molecule has 0 spiro atoms. The highest BCUT2D eigenvalue weighted by atomic mass is 127. The van der Waals surface area contributed by atoms with Crippen LogP contribution in [0.3, 0.4) is 0 Å². The maximum Gasteiger partial charge on any atom is 0.0664 e. The van der Waals surface area contributed by atoms with Gasteiger partial charge in [0.1, 0.15) is 0 Å². The lowest BCUT2D eigenvalue weighted by molar-refractivity contribution is 1.85. The Bertz CT molecular complexity index is 142. The van der Waals surface area contributed by atoms with Gasteiger partial charge in [0.2, 0.25) is 0 Å². The highest BCUT2D eigenvalue weighted by Crippen LogP contribution is 2.17. The predicted molar refractivity (Wildman–Crippen MR) is 49.8 cm³/mol. The van der Waals surface area contributed by atoms with Crippen LogP contribution in [0.2, 0.25) is 0 Å². The highest BCUT2D eigenvalue weighted by molar-refractivity contribution is 14.1. The number of thiophene rings is 1. The largest absolute Gasteiger partial charge is 0.137 e. The van der Waals surface area contributed by atoms with Crippen LogP contribution in [0.1, 0.15) is 0 Å². The standard InChI is InChI=1S/C4H2I2S/c5-3-1-4(6)7-2-3/h1-2H. The topological polar surface area (TPSA) is 0 Å². The van der Waals surface area contributed by atoms with E-state index >= 15 is 0 Å². The lowest BCUT2D eigenvalue weighted by atomic mass is 10.7. The summed E-state index contributed by atoms with van der Waals surface area (Å²) in [7, 11) is 0. The molecule has 1 aromatic rings. The zero-order valence-corrected chi connectivity index (χ0v) is 8.45. The first-order chi connectivity index (χ1) is 3.29. The molecule has 0 nitrogen and oxygen atoms in total. The zero-order valence-electron chi connectivity index (χ0n) is 3.32. The molecule has 0 atom stereocenters. The van der Waals surface area contributed by atoms with Gasteiger partial charge in [-0.15, -0.1) is 11.3 Å². The van der Waals surface area contributed by atoms with E-state index in [9.17, 15) is 0 Å². The third-order valence-corrected chi connectivity index (χ3v) is 3.37. The molecule has 0 aliphatic rings. The van der Waals surface area contributed by atoms with Crippen molar-refractivity contribution in [2.24, 2.45) is 0 Å². The second kappa shape index (κ2) is 2.63. The first-order valence-corrected chi connectivity index (χ1v) is 4.72. The molecule has 0 unspecified atom stereocenters. The fourth-order valence-electron chi connectivity index (χ4n) is 0.289. The Balaban J connectivity index is 3.04. The Morgan fingerprint density at radius 1 is 1.43 bits per heavy atom. The minimum atomic E-state index is 1.34. The van der Waals surface area contributed by atoms with E-state index < -0.39 is 0 Å². The van der Waals surface area contributed by atoms with E-state index in [-0.39, 0.29) is 0 Å². The molecule has 0 saturated carbocycles. The Morgan fingerprint density at radius 3 is 2.29 bits per heavy atom. The first-order valence-electron chi connectivity index (χ1n) is 1.68. The fourth-order valence-corrected chi connectivity index (χ4v) is 2.99. The first kappa shape index (κ1) is 6.28. The lowest BCUT2D eigenvalue weighted by Gasteiger charge is -1.66. The number of hydrogen-bond acceptors (Lipinski definition) is 1. The summed E-state index contributed by atoms with van der Waals surface area (Å²) in [4.78, 5) is 0. The van der Waals surface area contributed by atoms with Crippen LogP contribution in [0.15, 0.2) is 11.4 Å². The average molecular weight is 336 g/mol. The monoisotopic (exact) mass is 336 g/mol. The van der Waals surface area contributed by atoms with Crippen molar-refractivity contribution in [3.63, 3.8) is 0 Å². The van der Waals surface area contributed by atoms with E-state index in [1.807, 2.05) is 0 Å². The van der Waals surface area contributed by atoms with E-state index in [2.05, 4.69) is 56.6 Å². The van der Waals surface area contributed by atoms with Crippen molar-refractivity contribution in [3.8, 4) is 0 Å². The van der Waals surface area contributed by atoms with Gasteiger partial charge >= 0.3 is 0 Å². The minimum absolute atomic E-state index is 1.34. The second-order valence-corrected chi connectivity index (χ2v) is 5.12. The number of rotatable bonds is 0. The van der Waals surface area contributed by atoms with Crippen LogP contribution in [0.25, 0.3) is 0 Å². The molecule has 0 aromatic carbocycles. The fraction of sp³-hybridized carbons (Fsp3) is 0. The van der Waals surface area contributed by atoms with Crippen molar-refractivity contribution in [2.45, 2.75) is 0 Å². The molecule has 0 N–H and O–H groups in total. The van der Waals surface area contributed by atoms with Crippen LogP contribution in [-0.4, -0.2) is 0 Å². The van der Waals surface area contributed by atoms with Crippen LogP contribution in [0, 0.1) is 6.45 Å². The van der Waals surface area contributed by atoms with Gasteiger partial charge in [-0.1, -0.05) is 0 Å². The molecule has 1 rings (SSSR count). The van der Waals surface area contributed by atoms with Gasteiger partial charge in [0.25, 0.3) is 0 Å². The van der Waals surface area contributed by atoms with E-state index in [4.69, 9.17) is 0 Å². The molecule has 0 fully saturated rings. The summed E-state index contributed by atoms with van der Waals surface area (Å²) in [6, 6.07) is 2.16. The summed E-state index contributed by atoms with van der Waals surface area (Å²) >= 11 is 6.40. The maximum atomic E-state index is 2.31. The number of hydrogen-bond donors (Lipinski definition) is 0. The lowest BCUT2D eigenvalue weighted by Crippen LogP contribution is -1.49. The molecule has 0 aliphatic heterocycles. The third kappa shape index (κ3) is 1.85. The van der Waals surface area contributed by atoms with Crippen LogP contribution in [0.5, 0.6) is 0 Å². The van der Waals surface area contributed by atoms with E-state index in [0.717, 1.165) is 0 Å². The van der Waals surface area contributed by atoms with E-state index in [1.165, 1.54) is 6.45 Å². The van der Waals surface area contributed by atoms with Crippen LogP contribution in [0.4, 0.5) is 0 Å². The van der Waals surface area contributed by atoms with Gasteiger partial charge in [-0.25, -0.2) is 0 Å². The third-order valence-electron chi connectivity index (χ3n) is 0.535. The van der Waals surface area contributed by atoms with Crippen molar-refractivity contribution < 1.29 is 0 Å². The number of halogens is 2. The molecular formula is C4H2I2S. The molecule has 3 heteroatoms. The Morgan fingerprint density at radius 2 is 2.14 bits per heavy atom. The van der Waals surface area contributed by atoms with Crippen LogP contribution >= 0.6 is 56.5 Å². The Hall–Kier alpha value is 1.16. The molecule has 0 saturated heterocycles. The molecule has 1 aromatic heterocycles. The van der Waals surface area contributed by atoms with E-state index in [1.54, 1.807) is 11.3 Å². The summed E-state index contributed by atoms with van der Waals surface area (Å²) in [6.45, 7) is 0. The van der Waals surface area contributed by atoms with Gasteiger partial charge in [0, 0.05) is 8.95 Å². The average Bonchev–Trinajstić information content (AvgIpc) is 1.87. The highest BCUT2D eigenvalue weighted by Gasteiger charge is 1.87.